The van der Waals surface area contributed by atoms with Gasteiger partial charge in [0.1, 0.15) is 5.75 Å². The van der Waals surface area contributed by atoms with E-state index in [1.807, 2.05) is 0 Å². The zero-order chi connectivity index (χ0) is 13.0. The lowest BCUT2D eigenvalue weighted by molar-refractivity contribution is 0.410. The molecule has 0 saturated heterocycles. The van der Waals surface area contributed by atoms with Crippen molar-refractivity contribution in [2.45, 2.75) is 46.6 Å². The summed E-state index contributed by atoms with van der Waals surface area (Å²) in [5, 5.41) is 0. The molecule has 0 heterocycles. The first kappa shape index (κ1) is 14.0. The molecule has 0 aromatic heterocycles. The number of hydrogen-bond acceptors (Lipinski definition) is 2. The highest BCUT2D eigenvalue weighted by molar-refractivity contribution is 5.42. The van der Waals surface area contributed by atoms with Crippen LogP contribution in [0.5, 0.6) is 5.75 Å². The van der Waals surface area contributed by atoms with Crippen LogP contribution in [0.4, 0.5) is 0 Å². The van der Waals surface area contributed by atoms with E-state index in [0.29, 0.717) is 5.92 Å². The zero-order valence-electron chi connectivity index (χ0n) is 11.7. The molecule has 2 heteroatoms. The van der Waals surface area contributed by atoms with E-state index in [0.717, 1.165) is 17.7 Å². The van der Waals surface area contributed by atoms with E-state index in [9.17, 15) is 0 Å². The average molecular weight is 235 g/mol. The third-order valence-corrected chi connectivity index (χ3v) is 3.24. The maximum absolute atomic E-state index is 6.26. The van der Waals surface area contributed by atoms with Gasteiger partial charge in [0.25, 0.3) is 0 Å². The minimum Gasteiger partial charge on any atom is -0.496 e. The van der Waals surface area contributed by atoms with Gasteiger partial charge in [-0.15, -0.1) is 0 Å². The second-order valence-corrected chi connectivity index (χ2v) is 5.26. The van der Waals surface area contributed by atoms with Gasteiger partial charge in [-0.3, -0.25) is 0 Å². The minimum atomic E-state index is 0.141. The van der Waals surface area contributed by atoms with Gasteiger partial charge in [0.2, 0.25) is 0 Å². The van der Waals surface area contributed by atoms with Crippen molar-refractivity contribution in [3.63, 3.8) is 0 Å². The topological polar surface area (TPSA) is 35.2 Å². The predicted molar refractivity (Wildman–Crippen MR) is 73.5 cm³/mol. The summed E-state index contributed by atoms with van der Waals surface area (Å²) in [5.41, 5.74) is 9.90. The molecule has 2 N–H and O–H groups in total. The highest BCUT2D eigenvalue weighted by Gasteiger charge is 2.12. The number of ether oxygens (including phenoxy) is 1. The molecule has 0 spiro atoms. The molecule has 0 aliphatic rings. The minimum absolute atomic E-state index is 0.141. The van der Waals surface area contributed by atoms with Gasteiger partial charge in [0.15, 0.2) is 0 Å². The molecule has 0 fully saturated rings. The Morgan fingerprint density at radius 2 is 1.76 bits per heavy atom. The molecule has 0 bridgehead atoms. The molecule has 1 rings (SSSR count). The van der Waals surface area contributed by atoms with E-state index in [1.54, 1.807) is 7.11 Å². The van der Waals surface area contributed by atoms with Gasteiger partial charge in [0, 0.05) is 6.04 Å². The molecule has 0 aliphatic heterocycles. The molecule has 1 aromatic rings. The lowest BCUT2D eigenvalue weighted by Gasteiger charge is -2.18. The summed E-state index contributed by atoms with van der Waals surface area (Å²) in [6.07, 6.45) is 2.22. The summed E-state index contributed by atoms with van der Waals surface area (Å²) < 4.78 is 5.32. The summed E-state index contributed by atoms with van der Waals surface area (Å²) in [6, 6.07) is 4.39. The number of aryl methyl sites for hydroxylation is 2. The van der Waals surface area contributed by atoms with Crippen LogP contribution in [0.1, 0.15) is 49.4 Å². The first-order valence-electron chi connectivity index (χ1n) is 6.36. The molecule has 0 aliphatic carbocycles. The Balaban J connectivity index is 2.86. The monoisotopic (exact) mass is 235 g/mol. The van der Waals surface area contributed by atoms with Crippen molar-refractivity contribution < 1.29 is 4.74 Å². The normalized spacial score (nSPS) is 12.9. The summed E-state index contributed by atoms with van der Waals surface area (Å²) in [6.45, 7) is 8.64. The fraction of sp³-hybridized carbons (Fsp3) is 0.600. The fourth-order valence-corrected chi connectivity index (χ4v) is 2.10. The number of methoxy groups -OCH3 is 1. The van der Waals surface area contributed by atoms with Gasteiger partial charge in [-0.25, -0.2) is 0 Å². The lowest BCUT2D eigenvalue weighted by atomic mass is 9.93. The Bertz CT molecular complexity index is 371. The zero-order valence-corrected chi connectivity index (χ0v) is 11.7. The molecule has 1 atom stereocenters. The molecule has 0 amide bonds. The Labute approximate surface area is 105 Å². The van der Waals surface area contributed by atoms with Crippen LogP contribution >= 0.6 is 0 Å². The van der Waals surface area contributed by atoms with Crippen LogP contribution in [0.25, 0.3) is 0 Å². The van der Waals surface area contributed by atoms with E-state index in [2.05, 4.69) is 39.8 Å². The quantitative estimate of drug-likeness (QED) is 0.843. The fourth-order valence-electron chi connectivity index (χ4n) is 2.10. The Kier molecular flexibility index (Phi) is 5.01. The first-order valence-corrected chi connectivity index (χ1v) is 6.36. The van der Waals surface area contributed by atoms with Crippen LogP contribution in [0.15, 0.2) is 12.1 Å². The molecule has 1 aromatic carbocycles. The smallest absolute Gasteiger partial charge is 0.122 e. The van der Waals surface area contributed by atoms with Crippen LogP contribution in [-0.2, 0) is 0 Å². The summed E-state index contributed by atoms with van der Waals surface area (Å²) in [5.74, 6) is 1.66. The van der Waals surface area contributed by atoms with Crippen molar-refractivity contribution in [1.29, 1.82) is 0 Å². The number of nitrogens with two attached hydrogens (primary N) is 1. The Morgan fingerprint density at radius 1 is 1.12 bits per heavy atom. The van der Waals surface area contributed by atoms with Crippen LogP contribution in [0.2, 0.25) is 0 Å². The second-order valence-electron chi connectivity index (χ2n) is 5.26. The molecule has 0 saturated carbocycles. The number of hydrogen-bond donors (Lipinski definition) is 1. The molecule has 17 heavy (non-hydrogen) atoms. The van der Waals surface area contributed by atoms with Crippen molar-refractivity contribution in [1.82, 2.24) is 0 Å². The molecular formula is C15H25NO. The molecule has 0 radical (unpaired) electrons. The maximum atomic E-state index is 6.26. The third kappa shape index (κ3) is 3.74. The molecular weight excluding hydrogens is 210 g/mol. The van der Waals surface area contributed by atoms with Crippen LogP contribution < -0.4 is 10.5 Å². The van der Waals surface area contributed by atoms with E-state index in [-0.39, 0.29) is 6.04 Å². The van der Waals surface area contributed by atoms with Gasteiger partial charge >= 0.3 is 0 Å². The van der Waals surface area contributed by atoms with Crippen molar-refractivity contribution in [3.05, 3.63) is 28.8 Å². The SMILES string of the molecule is COc1cc(C)c(C(N)CCC(C)C)cc1C. The van der Waals surface area contributed by atoms with Gasteiger partial charge in [-0.2, -0.15) is 0 Å². The first-order chi connectivity index (χ1) is 7.95. The molecule has 96 valence electrons. The summed E-state index contributed by atoms with van der Waals surface area (Å²) in [4.78, 5) is 0. The summed E-state index contributed by atoms with van der Waals surface area (Å²) >= 11 is 0. The van der Waals surface area contributed by atoms with Crippen molar-refractivity contribution in [3.8, 4) is 5.75 Å². The maximum Gasteiger partial charge on any atom is 0.122 e. The largest absolute Gasteiger partial charge is 0.496 e. The van der Waals surface area contributed by atoms with E-state index in [4.69, 9.17) is 10.5 Å². The Hall–Kier alpha value is -1.02. The predicted octanol–water partition coefficient (Wildman–Crippen LogP) is 3.75. The Morgan fingerprint density at radius 3 is 2.29 bits per heavy atom. The van der Waals surface area contributed by atoms with Gasteiger partial charge in [-0.1, -0.05) is 19.9 Å². The van der Waals surface area contributed by atoms with Crippen LogP contribution in [0.3, 0.4) is 0 Å². The average Bonchev–Trinajstić information content (AvgIpc) is 2.28. The van der Waals surface area contributed by atoms with Crippen molar-refractivity contribution in [2.75, 3.05) is 7.11 Å². The van der Waals surface area contributed by atoms with Crippen molar-refractivity contribution >= 4 is 0 Å². The third-order valence-electron chi connectivity index (χ3n) is 3.24. The highest BCUT2D eigenvalue weighted by Crippen LogP contribution is 2.28. The summed E-state index contributed by atoms with van der Waals surface area (Å²) in [7, 11) is 1.71. The number of rotatable bonds is 5. The van der Waals surface area contributed by atoms with Crippen molar-refractivity contribution in [2.24, 2.45) is 11.7 Å². The van der Waals surface area contributed by atoms with Crippen LogP contribution in [-0.4, -0.2) is 7.11 Å². The van der Waals surface area contributed by atoms with Gasteiger partial charge < -0.3 is 10.5 Å². The lowest BCUT2D eigenvalue weighted by Crippen LogP contribution is -2.13. The van der Waals surface area contributed by atoms with Gasteiger partial charge in [0.05, 0.1) is 7.11 Å². The molecule has 2 nitrogen and oxygen atoms in total. The number of benzene rings is 1. The van der Waals surface area contributed by atoms with Gasteiger partial charge in [-0.05, 0) is 55.4 Å². The second kappa shape index (κ2) is 6.06. The standard InChI is InChI=1S/C15H25NO/c1-10(2)6-7-14(16)13-8-12(4)15(17-5)9-11(13)3/h8-10,14H,6-7,16H2,1-5H3. The van der Waals surface area contributed by atoms with E-state index in [1.165, 1.54) is 17.5 Å². The molecule has 1 unspecified atom stereocenters. The highest BCUT2D eigenvalue weighted by atomic mass is 16.5. The van der Waals surface area contributed by atoms with E-state index < -0.39 is 0 Å². The van der Waals surface area contributed by atoms with Crippen LogP contribution in [0, 0.1) is 19.8 Å². The van der Waals surface area contributed by atoms with E-state index >= 15 is 0 Å².